The summed E-state index contributed by atoms with van der Waals surface area (Å²) in [5.41, 5.74) is 0. The van der Waals surface area contributed by atoms with Crippen LogP contribution in [0.2, 0.25) is 0 Å². The Morgan fingerprint density at radius 1 is 1.00 bits per heavy atom. The standard InChI is InChI=1S/4O.Ru.Ti/q;;2*-2;;+4. The third kappa shape index (κ3) is 98.3. The minimum atomic E-state index is -1.79. The van der Waals surface area contributed by atoms with E-state index in [4.69, 9.17) is 7.15 Å². The molecule has 0 aromatic rings. The van der Waals surface area contributed by atoms with Gasteiger partial charge in [-0.15, -0.1) is 0 Å². The van der Waals surface area contributed by atoms with Gasteiger partial charge in [0.15, 0.2) is 0 Å². The van der Waals surface area contributed by atoms with Gasteiger partial charge in [0.05, 0.1) is 0 Å². The van der Waals surface area contributed by atoms with Gasteiger partial charge < -0.3 is 11.0 Å². The van der Waals surface area contributed by atoms with Crippen LogP contribution in [-0.4, -0.2) is 0 Å². The van der Waals surface area contributed by atoms with Crippen molar-refractivity contribution in [3.05, 3.63) is 0 Å². The number of rotatable bonds is 0. The fourth-order valence-corrected chi connectivity index (χ4v) is 0. The summed E-state index contributed by atoms with van der Waals surface area (Å²) in [6, 6.07) is 0. The molecule has 0 aromatic heterocycles. The van der Waals surface area contributed by atoms with Crippen LogP contribution in [0.25, 0.3) is 0 Å². The first-order chi connectivity index (χ1) is 1.41. The first-order valence-corrected chi connectivity index (χ1v) is 1.71. The molecule has 0 aliphatic carbocycles. The predicted molar refractivity (Wildman–Crippen MR) is 2.75 cm³/mol. The zero-order chi connectivity index (χ0) is 2.71. The third-order valence-corrected chi connectivity index (χ3v) is 0. The molecular formula is O4RuTi. The maximum atomic E-state index is 8.46. The van der Waals surface area contributed by atoms with Crippen LogP contribution in [0.1, 0.15) is 0 Å². The fraction of sp³-hybridized carbons (Fsp3) is 0. The average molecular weight is 213 g/mol. The van der Waals surface area contributed by atoms with E-state index < -0.39 is 17.0 Å². The normalized spacial score (nSPS) is 2.67. The van der Waals surface area contributed by atoms with Crippen molar-refractivity contribution in [3.8, 4) is 0 Å². The molecule has 0 atom stereocenters. The molecule has 0 heterocycles. The Labute approximate surface area is 56.9 Å². The minimum absolute atomic E-state index is 0. The van der Waals surface area contributed by atoms with Crippen molar-refractivity contribution in [3.63, 3.8) is 0 Å². The van der Waals surface area contributed by atoms with E-state index in [0.717, 1.165) is 0 Å². The van der Waals surface area contributed by atoms with Crippen LogP contribution in [0, 0.1) is 0 Å². The second-order valence-electron chi connectivity index (χ2n) is 0.0589. The quantitative estimate of drug-likeness (QED) is 0.508. The van der Waals surface area contributed by atoms with Crippen LogP contribution in [0.5, 0.6) is 0 Å². The Hall–Kier alpha value is 0.858. The van der Waals surface area contributed by atoms with Crippen LogP contribution < -0.4 is 0 Å². The Bertz CT molecular complexity index is 28.5. The van der Waals surface area contributed by atoms with Gasteiger partial charge in [0.2, 0.25) is 0 Å². The van der Waals surface area contributed by atoms with Crippen molar-refractivity contribution < 1.29 is 56.8 Å². The van der Waals surface area contributed by atoms with Crippen molar-refractivity contribution in [1.82, 2.24) is 0 Å². The summed E-state index contributed by atoms with van der Waals surface area (Å²) in [6.07, 6.45) is 0. The van der Waals surface area contributed by atoms with Crippen LogP contribution >= 0.6 is 0 Å². The van der Waals surface area contributed by atoms with E-state index in [1.807, 2.05) is 0 Å². The Morgan fingerprint density at radius 2 is 1.00 bits per heavy atom. The molecule has 0 fully saturated rings. The van der Waals surface area contributed by atoms with E-state index in [9.17, 15) is 0 Å². The summed E-state index contributed by atoms with van der Waals surface area (Å²) in [4.78, 5) is 0. The third-order valence-electron chi connectivity index (χ3n) is 0. The second kappa shape index (κ2) is 40.1. The molecule has 0 aromatic carbocycles. The Morgan fingerprint density at radius 3 is 1.00 bits per heavy atom. The van der Waals surface area contributed by atoms with Gasteiger partial charge in [-0.05, 0) is 0 Å². The summed E-state index contributed by atoms with van der Waals surface area (Å²) >= 11 is -1.79. The molecule has 0 aliphatic heterocycles. The van der Waals surface area contributed by atoms with E-state index >= 15 is 0 Å². The van der Waals surface area contributed by atoms with E-state index in [1.54, 1.807) is 0 Å². The largest absolute Gasteiger partial charge is 4.00 e. The molecule has 4 nitrogen and oxygen atoms in total. The Kier molecular flexibility index (Phi) is 192. The van der Waals surface area contributed by atoms with E-state index in [0.29, 0.717) is 0 Å². The first-order valence-electron chi connectivity index (χ1n) is 0.289. The maximum absolute atomic E-state index is 8.46. The molecule has 0 aliphatic rings. The topological polar surface area (TPSA) is 91.1 Å². The molecule has 0 amide bonds. The summed E-state index contributed by atoms with van der Waals surface area (Å²) in [6.45, 7) is 0. The van der Waals surface area contributed by atoms with Gasteiger partial charge >= 0.3 is 45.9 Å². The maximum Gasteiger partial charge on any atom is 4.00 e. The zero-order valence-corrected chi connectivity index (χ0v) is 5.79. The van der Waals surface area contributed by atoms with Crippen molar-refractivity contribution in [2.24, 2.45) is 0 Å². The van der Waals surface area contributed by atoms with Crippen molar-refractivity contribution in [2.45, 2.75) is 0 Å². The van der Waals surface area contributed by atoms with Crippen molar-refractivity contribution in [2.75, 3.05) is 0 Å². The van der Waals surface area contributed by atoms with E-state index in [-0.39, 0.29) is 32.7 Å². The predicted octanol–water partition coefficient (Wildman–Crippen LogP) is -0.480. The molecule has 6 heavy (non-hydrogen) atoms. The monoisotopic (exact) mass is 214 g/mol. The van der Waals surface area contributed by atoms with Gasteiger partial charge in [-0.2, -0.15) is 0 Å². The second-order valence-corrected chi connectivity index (χ2v) is 0.349. The summed E-state index contributed by atoms with van der Waals surface area (Å²) in [5.74, 6) is 0. The minimum Gasteiger partial charge on any atom is 4.00 e. The number of hydrogen-bond acceptors (Lipinski definition) is 2. The zero-order valence-electron chi connectivity index (χ0n) is 2.49. The van der Waals surface area contributed by atoms with Gasteiger partial charge in [-0.1, -0.05) is 0 Å². The SMILES string of the molecule is [O-2].[O-2].[O]=[Ru]=[O].[Ti+4]. The average Bonchev–Trinajstić information content (AvgIpc) is 0.918. The van der Waals surface area contributed by atoms with Crippen molar-refractivity contribution >= 4 is 0 Å². The molecule has 0 saturated carbocycles. The van der Waals surface area contributed by atoms with Gasteiger partial charge in [0.25, 0.3) is 0 Å². The van der Waals surface area contributed by atoms with Crippen molar-refractivity contribution in [1.29, 1.82) is 0 Å². The summed E-state index contributed by atoms with van der Waals surface area (Å²) in [5, 5.41) is 0. The first kappa shape index (κ1) is 28.8. The molecular weight excluding hydrogens is 213 g/mol. The van der Waals surface area contributed by atoms with Gasteiger partial charge in [-0.3, -0.25) is 0 Å². The molecule has 0 bridgehead atoms. The van der Waals surface area contributed by atoms with Gasteiger partial charge in [0.1, 0.15) is 0 Å². The van der Waals surface area contributed by atoms with E-state index in [2.05, 4.69) is 0 Å². The van der Waals surface area contributed by atoms with Crippen LogP contribution in [0.4, 0.5) is 0 Å². The molecule has 0 rings (SSSR count). The smallest absolute Gasteiger partial charge is 4.00 e. The van der Waals surface area contributed by atoms with E-state index in [1.165, 1.54) is 0 Å². The summed E-state index contributed by atoms with van der Waals surface area (Å²) < 4.78 is 16.9. The summed E-state index contributed by atoms with van der Waals surface area (Å²) in [7, 11) is 0. The molecule has 36 valence electrons. The van der Waals surface area contributed by atoms with Crippen LogP contribution in [0.15, 0.2) is 0 Å². The molecule has 0 radical (unpaired) electrons. The molecule has 0 unspecified atom stereocenters. The molecule has 0 spiro atoms. The van der Waals surface area contributed by atoms with Gasteiger partial charge in [0, 0.05) is 0 Å². The molecule has 6 heteroatoms. The molecule has 0 saturated heterocycles. The van der Waals surface area contributed by atoms with Crippen LogP contribution in [0.3, 0.4) is 0 Å². The fourth-order valence-electron chi connectivity index (χ4n) is 0. The Balaban J connectivity index is -0.00000000667. The number of hydrogen-bond donors (Lipinski definition) is 0. The molecule has 0 N–H and O–H groups in total. The van der Waals surface area contributed by atoms with Gasteiger partial charge in [-0.25, -0.2) is 0 Å². The van der Waals surface area contributed by atoms with Crippen LogP contribution in [-0.2, 0) is 56.8 Å².